The number of likely N-dealkylation sites (tertiary alicyclic amines) is 1. The van der Waals surface area contributed by atoms with Gasteiger partial charge in [0.2, 0.25) is 11.1 Å². The number of carbonyl (C=O) groups is 1. The average Bonchev–Trinajstić information content (AvgIpc) is 3.14. The molecule has 0 aliphatic carbocycles. The van der Waals surface area contributed by atoms with Crippen molar-refractivity contribution in [3.63, 3.8) is 0 Å². The van der Waals surface area contributed by atoms with Crippen LogP contribution in [0.4, 0.5) is 0 Å². The van der Waals surface area contributed by atoms with Crippen molar-refractivity contribution in [2.45, 2.75) is 50.7 Å². The Labute approximate surface area is 158 Å². The third-order valence-electron chi connectivity index (χ3n) is 4.75. The molecular weight excluding hydrogens is 350 g/mol. The van der Waals surface area contributed by atoms with Gasteiger partial charge in [0, 0.05) is 12.6 Å². The van der Waals surface area contributed by atoms with Crippen molar-refractivity contribution in [1.29, 1.82) is 0 Å². The molecule has 0 N–H and O–H groups in total. The Morgan fingerprint density at radius 2 is 2.23 bits per heavy atom. The normalized spacial score (nSPS) is 17.3. The van der Waals surface area contributed by atoms with E-state index in [1.165, 1.54) is 18.2 Å². The molecule has 1 aromatic heterocycles. The summed E-state index contributed by atoms with van der Waals surface area (Å²) in [4.78, 5) is 14.7. The first-order valence-corrected chi connectivity index (χ1v) is 9.98. The van der Waals surface area contributed by atoms with E-state index in [0.29, 0.717) is 22.7 Å². The first kappa shape index (κ1) is 18.7. The summed E-state index contributed by atoms with van der Waals surface area (Å²) >= 11 is 1.37. The van der Waals surface area contributed by atoms with E-state index in [4.69, 9.17) is 4.74 Å². The molecule has 8 heteroatoms. The molecule has 3 rings (SSSR count). The van der Waals surface area contributed by atoms with Gasteiger partial charge in [-0.3, -0.25) is 4.79 Å². The van der Waals surface area contributed by atoms with E-state index in [-0.39, 0.29) is 5.91 Å². The molecule has 1 amide bonds. The van der Waals surface area contributed by atoms with Crippen LogP contribution in [0.25, 0.3) is 5.69 Å². The molecule has 1 aliphatic rings. The fourth-order valence-corrected chi connectivity index (χ4v) is 4.12. The molecule has 0 saturated carbocycles. The van der Waals surface area contributed by atoms with Crippen molar-refractivity contribution in [3.8, 4) is 11.4 Å². The van der Waals surface area contributed by atoms with Crippen LogP contribution in [0.2, 0.25) is 0 Å². The largest absolute Gasteiger partial charge is 0.494 e. The van der Waals surface area contributed by atoms with Crippen LogP contribution >= 0.6 is 11.8 Å². The van der Waals surface area contributed by atoms with E-state index in [1.54, 1.807) is 11.8 Å². The predicted molar refractivity (Wildman–Crippen MR) is 101 cm³/mol. The number of rotatable bonds is 6. The van der Waals surface area contributed by atoms with Gasteiger partial charge in [-0.25, -0.2) is 0 Å². The maximum absolute atomic E-state index is 12.7. The maximum Gasteiger partial charge on any atom is 0.233 e. The number of aromatic nitrogens is 4. The van der Waals surface area contributed by atoms with Crippen LogP contribution in [0.5, 0.6) is 5.75 Å². The number of aryl methyl sites for hydroxylation is 1. The lowest BCUT2D eigenvalue weighted by Gasteiger charge is -2.35. The van der Waals surface area contributed by atoms with Gasteiger partial charge in [-0.05, 0) is 60.7 Å². The van der Waals surface area contributed by atoms with Crippen molar-refractivity contribution < 1.29 is 9.53 Å². The zero-order valence-electron chi connectivity index (χ0n) is 15.5. The molecule has 26 heavy (non-hydrogen) atoms. The smallest absolute Gasteiger partial charge is 0.233 e. The predicted octanol–water partition coefficient (Wildman–Crippen LogP) is 2.86. The van der Waals surface area contributed by atoms with Crippen LogP contribution in [0, 0.1) is 6.92 Å². The van der Waals surface area contributed by atoms with Gasteiger partial charge < -0.3 is 9.64 Å². The van der Waals surface area contributed by atoms with Gasteiger partial charge in [0.15, 0.2) is 0 Å². The standard InChI is InChI=1S/C18H25N5O2S/c1-4-14-7-5-6-10-22(14)17(24)12-26-18-19-20-21-23(18)15-11-13(2)8-9-16(15)25-3/h8-9,11,14H,4-7,10,12H2,1-3H3. The number of amides is 1. The number of tetrazole rings is 1. The highest BCUT2D eigenvalue weighted by Crippen LogP contribution is 2.28. The highest BCUT2D eigenvalue weighted by Gasteiger charge is 2.26. The zero-order chi connectivity index (χ0) is 18.5. The second kappa shape index (κ2) is 8.53. The Hall–Kier alpha value is -2.09. The molecule has 2 aromatic rings. The number of hydrogen-bond donors (Lipinski definition) is 0. The molecule has 2 heterocycles. The summed E-state index contributed by atoms with van der Waals surface area (Å²) in [6.45, 7) is 5.01. The van der Waals surface area contributed by atoms with Gasteiger partial charge in [-0.1, -0.05) is 24.8 Å². The highest BCUT2D eigenvalue weighted by atomic mass is 32.2. The number of ether oxygens (including phenoxy) is 1. The molecule has 0 spiro atoms. The van der Waals surface area contributed by atoms with Gasteiger partial charge in [0.05, 0.1) is 12.9 Å². The van der Waals surface area contributed by atoms with Crippen LogP contribution in [-0.2, 0) is 4.79 Å². The first-order chi connectivity index (χ1) is 12.6. The second-order valence-electron chi connectivity index (χ2n) is 6.48. The quantitative estimate of drug-likeness (QED) is 0.723. The summed E-state index contributed by atoms with van der Waals surface area (Å²) < 4.78 is 7.06. The topological polar surface area (TPSA) is 73.1 Å². The minimum Gasteiger partial charge on any atom is -0.494 e. The lowest BCUT2D eigenvalue weighted by Crippen LogP contribution is -2.44. The Morgan fingerprint density at radius 1 is 1.38 bits per heavy atom. The third-order valence-corrected chi connectivity index (χ3v) is 5.65. The fourth-order valence-electron chi connectivity index (χ4n) is 3.35. The van der Waals surface area contributed by atoms with E-state index in [9.17, 15) is 4.79 Å². The van der Waals surface area contributed by atoms with E-state index in [0.717, 1.165) is 37.1 Å². The molecular formula is C18H25N5O2S. The number of thioether (sulfide) groups is 1. The van der Waals surface area contributed by atoms with Crippen LogP contribution < -0.4 is 4.74 Å². The number of hydrogen-bond acceptors (Lipinski definition) is 6. The van der Waals surface area contributed by atoms with Gasteiger partial charge >= 0.3 is 0 Å². The van der Waals surface area contributed by atoms with Crippen molar-refractivity contribution in [2.75, 3.05) is 19.4 Å². The summed E-state index contributed by atoms with van der Waals surface area (Å²) in [7, 11) is 1.62. The third kappa shape index (κ3) is 4.00. The van der Waals surface area contributed by atoms with E-state index in [1.807, 2.05) is 30.0 Å². The number of methoxy groups -OCH3 is 1. The summed E-state index contributed by atoms with van der Waals surface area (Å²) in [5.41, 5.74) is 1.86. The van der Waals surface area contributed by atoms with Gasteiger partial charge in [-0.2, -0.15) is 4.68 Å². The first-order valence-electron chi connectivity index (χ1n) is 8.99. The summed E-state index contributed by atoms with van der Waals surface area (Å²) in [5.74, 6) is 1.19. The number of benzene rings is 1. The molecule has 7 nitrogen and oxygen atoms in total. The van der Waals surface area contributed by atoms with Gasteiger partial charge in [0.1, 0.15) is 11.4 Å². The van der Waals surface area contributed by atoms with Crippen LogP contribution in [-0.4, -0.2) is 56.5 Å². The summed E-state index contributed by atoms with van der Waals surface area (Å²) in [6, 6.07) is 6.21. The molecule has 140 valence electrons. The molecule has 1 saturated heterocycles. The Morgan fingerprint density at radius 3 is 3.00 bits per heavy atom. The number of piperidine rings is 1. The van der Waals surface area contributed by atoms with E-state index in [2.05, 4.69) is 22.4 Å². The van der Waals surface area contributed by atoms with Crippen LogP contribution in [0.1, 0.15) is 38.2 Å². The molecule has 1 aromatic carbocycles. The molecule has 1 atom stereocenters. The summed E-state index contributed by atoms with van der Waals surface area (Å²) in [6.07, 6.45) is 4.41. The van der Waals surface area contributed by atoms with Gasteiger partial charge in [-0.15, -0.1) is 5.10 Å². The highest BCUT2D eigenvalue weighted by molar-refractivity contribution is 7.99. The Kier molecular flexibility index (Phi) is 6.13. The molecule has 0 radical (unpaired) electrons. The SMILES string of the molecule is CCC1CCCCN1C(=O)CSc1nnnn1-c1cc(C)ccc1OC. The lowest BCUT2D eigenvalue weighted by atomic mass is 10.0. The maximum atomic E-state index is 12.7. The minimum absolute atomic E-state index is 0.160. The molecule has 1 unspecified atom stereocenters. The van der Waals surface area contributed by atoms with E-state index >= 15 is 0 Å². The molecule has 1 aliphatic heterocycles. The number of carbonyl (C=O) groups excluding carboxylic acids is 1. The Balaban J connectivity index is 1.74. The lowest BCUT2D eigenvalue weighted by molar-refractivity contribution is -0.132. The van der Waals surface area contributed by atoms with Crippen molar-refractivity contribution >= 4 is 17.7 Å². The van der Waals surface area contributed by atoms with E-state index < -0.39 is 0 Å². The van der Waals surface area contributed by atoms with Crippen molar-refractivity contribution in [1.82, 2.24) is 25.1 Å². The monoisotopic (exact) mass is 375 g/mol. The minimum atomic E-state index is 0.160. The van der Waals surface area contributed by atoms with Crippen molar-refractivity contribution in [3.05, 3.63) is 23.8 Å². The zero-order valence-corrected chi connectivity index (χ0v) is 16.3. The summed E-state index contributed by atoms with van der Waals surface area (Å²) in [5, 5.41) is 12.6. The number of nitrogens with zero attached hydrogens (tertiary/aromatic N) is 5. The van der Waals surface area contributed by atoms with Gasteiger partial charge in [0.25, 0.3) is 0 Å². The molecule has 0 bridgehead atoms. The average molecular weight is 375 g/mol. The van der Waals surface area contributed by atoms with Crippen LogP contribution in [0.15, 0.2) is 23.4 Å². The molecule has 1 fully saturated rings. The second-order valence-corrected chi connectivity index (χ2v) is 7.42. The fraction of sp³-hybridized carbons (Fsp3) is 0.556. The van der Waals surface area contributed by atoms with Crippen molar-refractivity contribution in [2.24, 2.45) is 0 Å². The Bertz CT molecular complexity index is 764. The van der Waals surface area contributed by atoms with Crippen LogP contribution in [0.3, 0.4) is 0 Å².